The Hall–Kier alpha value is -1.19. The van der Waals surface area contributed by atoms with Gasteiger partial charge in [0.1, 0.15) is 0 Å². The van der Waals surface area contributed by atoms with E-state index >= 15 is 0 Å². The Bertz CT molecular complexity index is 698. The average molecular weight is 557 g/mol. The summed E-state index contributed by atoms with van der Waals surface area (Å²) < 4.78 is 225. The molecule has 0 amide bonds. The zero-order valence-corrected chi connectivity index (χ0v) is 17.2. The molecule has 0 aromatic carbocycles. The van der Waals surface area contributed by atoms with Crippen molar-refractivity contribution in [1.29, 1.82) is 0 Å². The van der Waals surface area contributed by atoms with Gasteiger partial charge in [-0.3, -0.25) is 0 Å². The first-order valence-electron chi connectivity index (χ1n) is 9.87. The summed E-state index contributed by atoms with van der Waals surface area (Å²) in [7, 11) is 0. The summed E-state index contributed by atoms with van der Waals surface area (Å²) in [6.07, 6.45) is -7.15. The molecule has 0 nitrogen and oxygen atoms in total. The Morgan fingerprint density at radius 1 is 0.486 bits per heavy atom. The van der Waals surface area contributed by atoms with Gasteiger partial charge in [-0.1, -0.05) is 32.1 Å². The van der Waals surface area contributed by atoms with Crippen molar-refractivity contribution in [1.82, 2.24) is 0 Å². The van der Waals surface area contributed by atoms with E-state index < -0.39 is 66.4 Å². The lowest BCUT2D eigenvalue weighted by Gasteiger charge is -2.43. The monoisotopic (exact) mass is 557 g/mol. The summed E-state index contributed by atoms with van der Waals surface area (Å²) in [5.41, 5.74) is 0. The van der Waals surface area contributed by atoms with Crippen LogP contribution in [0.2, 0.25) is 0 Å². The molecule has 0 aromatic rings. The normalized spacial score (nSPS) is 19.5. The van der Waals surface area contributed by atoms with E-state index in [0.29, 0.717) is 19.3 Å². The number of alkyl halides is 17. The van der Waals surface area contributed by atoms with Crippen LogP contribution in [0.25, 0.3) is 0 Å². The van der Waals surface area contributed by atoms with Crippen molar-refractivity contribution in [2.75, 3.05) is 0 Å². The average Bonchev–Trinajstić information content (AvgIpc) is 2.65. The molecule has 0 aliphatic heterocycles. The molecule has 35 heavy (non-hydrogen) atoms. The van der Waals surface area contributed by atoms with Crippen molar-refractivity contribution in [2.24, 2.45) is 5.92 Å². The second-order valence-electron chi connectivity index (χ2n) is 8.17. The SMILES string of the molecule is FC(F)(F)C(F)(F)C(F)(F)C(F)(F)C(F)(F)C(F)(F)C(F)(F)C(F)(F)CCC1[CH]CCCCCC1. The molecule has 17 heteroatoms. The Morgan fingerprint density at radius 2 is 0.886 bits per heavy atom. The Morgan fingerprint density at radius 3 is 1.34 bits per heavy atom. The zero-order chi connectivity index (χ0) is 27.9. The predicted octanol–water partition coefficient (Wildman–Crippen LogP) is 8.95. The van der Waals surface area contributed by atoms with Gasteiger partial charge in [-0.2, -0.15) is 74.6 Å². The van der Waals surface area contributed by atoms with Crippen LogP contribution < -0.4 is 0 Å². The highest BCUT2D eigenvalue weighted by molar-refractivity contribution is 5.15. The van der Waals surface area contributed by atoms with Crippen LogP contribution in [0, 0.1) is 12.3 Å². The van der Waals surface area contributed by atoms with Gasteiger partial charge in [0.25, 0.3) is 0 Å². The van der Waals surface area contributed by atoms with Gasteiger partial charge in [0.05, 0.1) is 0 Å². The minimum absolute atomic E-state index is 0.0883. The quantitative estimate of drug-likeness (QED) is 0.249. The van der Waals surface area contributed by atoms with E-state index in [1.807, 2.05) is 0 Å². The fourth-order valence-corrected chi connectivity index (χ4v) is 3.36. The number of hydrogen-bond acceptors (Lipinski definition) is 0. The van der Waals surface area contributed by atoms with Gasteiger partial charge in [0.15, 0.2) is 0 Å². The van der Waals surface area contributed by atoms with E-state index in [0.717, 1.165) is 6.42 Å². The summed E-state index contributed by atoms with van der Waals surface area (Å²) in [4.78, 5) is 0. The minimum Gasteiger partial charge on any atom is -0.200 e. The van der Waals surface area contributed by atoms with E-state index in [-0.39, 0.29) is 12.8 Å². The Balaban J connectivity index is 3.33. The van der Waals surface area contributed by atoms with Crippen molar-refractivity contribution in [3.05, 3.63) is 6.42 Å². The summed E-state index contributed by atoms with van der Waals surface area (Å²) in [6.45, 7) is 0. The highest BCUT2D eigenvalue weighted by Gasteiger charge is 2.95. The molecule has 0 bridgehead atoms. The molecule has 1 saturated carbocycles. The topological polar surface area (TPSA) is 0 Å². The fourth-order valence-electron chi connectivity index (χ4n) is 3.36. The highest BCUT2D eigenvalue weighted by Crippen LogP contribution is 2.64. The standard InChI is InChI=1S/C18H18F17/c19-11(20,9-8-10-6-4-2-1-3-5-7-10)12(21,22)13(23,24)14(25,26)15(27,28)16(29,30)17(31,32)18(33,34)35/h6,10H,1-5,7-9H2. The molecule has 0 saturated heterocycles. The lowest BCUT2D eigenvalue weighted by Crippen LogP contribution is -2.74. The molecule has 1 aliphatic carbocycles. The molecule has 0 aromatic heterocycles. The van der Waals surface area contributed by atoms with E-state index in [1.54, 1.807) is 0 Å². The molecule has 0 N–H and O–H groups in total. The van der Waals surface area contributed by atoms with Crippen LogP contribution in [-0.4, -0.2) is 47.6 Å². The van der Waals surface area contributed by atoms with Crippen molar-refractivity contribution in [3.8, 4) is 0 Å². The maximum absolute atomic E-state index is 13.9. The van der Waals surface area contributed by atoms with Crippen LogP contribution in [0.5, 0.6) is 0 Å². The summed E-state index contributed by atoms with van der Waals surface area (Å²) in [6, 6.07) is 0. The molecule has 1 atom stereocenters. The smallest absolute Gasteiger partial charge is 0.200 e. The number of hydrogen-bond donors (Lipinski definition) is 0. The van der Waals surface area contributed by atoms with Gasteiger partial charge in [-0.15, -0.1) is 0 Å². The van der Waals surface area contributed by atoms with Gasteiger partial charge >= 0.3 is 47.6 Å². The van der Waals surface area contributed by atoms with Crippen molar-refractivity contribution in [3.63, 3.8) is 0 Å². The molecule has 1 fully saturated rings. The van der Waals surface area contributed by atoms with E-state index in [9.17, 15) is 74.6 Å². The largest absolute Gasteiger partial charge is 0.460 e. The van der Waals surface area contributed by atoms with Crippen LogP contribution in [-0.2, 0) is 0 Å². The first-order chi connectivity index (χ1) is 15.3. The van der Waals surface area contributed by atoms with Crippen molar-refractivity contribution in [2.45, 2.75) is 99.0 Å². The fraction of sp³-hybridized carbons (Fsp3) is 0.944. The molecule has 209 valence electrons. The van der Waals surface area contributed by atoms with Crippen LogP contribution in [0.3, 0.4) is 0 Å². The second kappa shape index (κ2) is 9.60. The van der Waals surface area contributed by atoms with Crippen LogP contribution in [0.4, 0.5) is 74.6 Å². The molecule has 1 radical (unpaired) electrons. The van der Waals surface area contributed by atoms with Crippen molar-refractivity contribution < 1.29 is 74.6 Å². The summed E-state index contributed by atoms with van der Waals surface area (Å²) in [5, 5.41) is 0. The van der Waals surface area contributed by atoms with Gasteiger partial charge in [0.2, 0.25) is 0 Å². The second-order valence-corrected chi connectivity index (χ2v) is 8.17. The maximum Gasteiger partial charge on any atom is 0.460 e. The number of halogens is 17. The number of rotatable bonds is 9. The van der Waals surface area contributed by atoms with E-state index in [1.165, 1.54) is 6.42 Å². The predicted molar refractivity (Wildman–Crippen MR) is 85.4 cm³/mol. The van der Waals surface area contributed by atoms with Gasteiger partial charge in [0, 0.05) is 6.42 Å². The first kappa shape index (κ1) is 31.8. The van der Waals surface area contributed by atoms with Gasteiger partial charge in [-0.25, -0.2) is 0 Å². The van der Waals surface area contributed by atoms with Crippen LogP contribution in [0.15, 0.2) is 0 Å². The summed E-state index contributed by atoms with van der Waals surface area (Å²) >= 11 is 0. The molecule has 1 unspecified atom stereocenters. The lowest BCUT2D eigenvalue weighted by atomic mass is 9.84. The molecule has 1 rings (SSSR count). The molecular weight excluding hydrogens is 539 g/mol. The third kappa shape index (κ3) is 5.14. The molecule has 1 aliphatic rings. The van der Waals surface area contributed by atoms with Gasteiger partial charge in [-0.05, 0) is 25.2 Å². The van der Waals surface area contributed by atoms with E-state index in [4.69, 9.17) is 0 Å². The maximum atomic E-state index is 13.9. The van der Waals surface area contributed by atoms with Crippen molar-refractivity contribution >= 4 is 0 Å². The molecular formula is C18H18F17. The highest BCUT2D eigenvalue weighted by atomic mass is 19.4. The zero-order valence-electron chi connectivity index (χ0n) is 17.2. The third-order valence-corrected chi connectivity index (χ3v) is 5.65. The minimum atomic E-state index is -8.57. The summed E-state index contributed by atoms with van der Waals surface area (Å²) in [5.74, 6) is -56.6. The van der Waals surface area contributed by atoms with Gasteiger partial charge < -0.3 is 0 Å². The Labute approximate surface area is 187 Å². The molecule has 0 heterocycles. The van der Waals surface area contributed by atoms with Crippen LogP contribution in [0.1, 0.15) is 51.4 Å². The molecule has 0 spiro atoms. The lowest BCUT2D eigenvalue weighted by molar-refractivity contribution is -0.461. The first-order valence-corrected chi connectivity index (χ1v) is 9.87. The van der Waals surface area contributed by atoms with E-state index in [2.05, 4.69) is 0 Å². The Kier molecular flexibility index (Phi) is 8.73. The van der Waals surface area contributed by atoms with Crippen LogP contribution >= 0.6 is 0 Å². The third-order valence-electron chi connectivity index (χ3n) is 5.65.